The van der Waals surface area contributed by atoms with E-state index in [1.807, 2.05) is 24.3 Å². The number of piperidine rings is 1. The number of likely N-dealkylation sites (tertiary alicyclic amines) is 1. The summed E-state index contributed by atoms with van der Waals surface area (Å²) in [5, 5.41) is 0. The molecule has 1 aliphatic heterocycles. The van der Waals surface area contributed by atoms with Crippen LogP contribution >= 0.6 is 0 Å². The molecule has 0 radical (unpaired) electrons. The van der Waals surface area contributed by atoms with Crippen molar-refractivity contribution in [1.82, 2.24) is 4.90 Å². The van der Waals surface area contributed by atoms with Gasteiger partial charge in [0.2, 0.25) is 0 Å². The highest BCUT2D eigenvalue weighted by atomic mass is 16.6. The van der Waals surface area contributed by atoms with Crippen LogP contribution in [0.25, 0.3) is 0 Å². The number of hydrogen-bond acceptors (Lipinski definition) is 4. The van der Waals surface area contributed by atoms with Gasteiger partial charge < -0.3 is 16.2 Å². The van der Waals surface area contributed by atoms with E-state index in [4.69, 9.17) is 16.2 Å². The third-order valence-corrected chi connectivity index (χ3v) is 3.20. The Bertz CT molecular complexity index is 397. The third-order valence-electron chi connectivity index (χ3n) is 3.20. The standard InChI is InChI=1S/C13H19N3O2/c14-11-3-1-10(2-4-11)9-16-7-5-12(6-8-16)18-13(15)17/h1-4,12H,5-9,14H2,(H2,15,17). The molecule has 5 heteroatoms. The summed E-state index contributed by atoms with van der Waals surface area (Å²) in [5.74, 6) is 0. The predicted octanol–water partition coefficient (Wildman–Crippen LogP) is 1.33. The minimum absolute atomic E-state index is 0.0230. The first kappa shape index (κ1) is 12.7. The largest absolute Gasteiger partial charge is 0.446 e. The average molecular weight is 249 g/mol. The number of carbonyl (C=O) groups excluding carboxylic acids is 1. The normalized spacial score (nSPS) is 17.6. The van der Waals surface area contributed by atoms with Crippen LogP contribution in [0, 0.1) is 0 Å². The van der Waals surface area contributed by atoms with Gasteiger partial charge >= 0.3 is 6.09 Å². The van der Waals surface area contributed by atoms with Gasteiger partial charge in [0.1, 0.15) is 6.10 Å². The first-order valence-corrected chi connectivity index (χ1v) is 6.16. The van der Waals surface area contributed by atoms with Crippen LogP contribution in [0.4, 0.5) is 10.5 Å². The summed E-state index contributed by atoms with van der Waals surface area (Å²) < 4.78 is 5.00. The number of anilines is 1. The fraction of sp³-hybridized carbons (Fsp3) is 0.462. The fourth-order valence-electron chi connectivity index (χ4n) is 2.23. The molecule has 4 N–H and O–H groups in total. The number of amides is 1. The second kappa shape index (κ2) is 5.73. The van der Waals surface area contributed by atoms with Crippen LogP contribution in [0.15, 0.2) is 24.3 Å². The van der Waals surface area contributed by atoms with Gasteiger partial charge in [0, 0.05) is 25.3 Å². The second-order valence-corrected chi connectivity index (χ2v) is 4.65. The van der Waals surface area contributed by atoms with Gasteiger partial charge in [0.15, 0.2) is 0 Å². The zero-order valence-corrected chi connectivity index (χ0v) is 10.3. The smallest absolute Gasteiger partial charge is 0.404 e. The van der Waals surface area contributed by atoms with Crippen LogP contribution in [0.5, 0.6) is 0 Å². The van der Waals surface area contributed by atoms with Crippen LogP contribution < -0.4 is 11.5 Å². The first-order valence-electron chi connectivity index (χ1n) is 6.16. The van der Waals surface area contributed by atoms with Gasteiger partial charge in [-0.15, -0.1) is 0 Å². The Morgan fingerprint density at radius 3 is 2.44 bits per heavy atom. The van der Waals surface area contributed by atoms with Gasteiger partial charge in [-0.1, -0.05) is 12.1 Å². The van der Waals surface area contributed by atoms with Crippen molar-refractivity contribution in [2.75, 3.05) is 18.8 Å². The molecule has 1 heterocycles. The maximum atomic E-state index is 10.6. The molecule has 2 rings (SSSR count). The minimum atomic E-state index is -0.674. The van der Waals surface area contributed by atoms with Crippen molar-refractivity contribution in [2.24, 2.45) is 5.73 Å². The zero-order chi connectivity index (χ0) is 13.0. The van der Waals surface area contributed by atoms with Crippen LogP contribution in [-0.4, -0.2) is 30.2 Å². The van der Waals surface area contributed by atoms with E-state index in [-0.39, 0.29) is 6.10 Å². The van der Waals surface area contributed by atoms with Crippen molar-refractivity contribution in [3.05, 3.63) is 29.8 Å². The topological polar surface area (TPSA) is 81.6 Å². The van der Waals surface area contributed by atoms with Gasteiger partial charge in [0.25, 0.3) is 0 Å². The SMILES string of the molecule is NC(=O)OC1CCN(Cc2ccc(N)cc2)CC1. The van der Waals surface area contributed by atoms with Gasteiger partial charge in [-0.25, -0.2) is 4.79 Å². The van der Waals surface area contributed by atoms with E-state index in [0.717, 1.165) is 38.2 Å². The highest BCUT2D eigenvalue weighted by Crippen LogP contribution is 2.16. The van der Waals surface area contributed by atoms with E-state index in [1.54, 1.807) is 0 Å². The molecule has 1 aliphatic rings. The number of rotatable bonds is 3. The van der Waals surface area contributed by atoms with Crippen molar-refractivity contribution in [2.45, 2.75) is 25.5 Å². The van der Waals surface area contributed by atoms with Crippen LogP contribution in [0.3, 0.4) is 0 Å². The van der Waals surface area contributed by atoms with E-state index in [0.29, 0.717) is 0 Å². The predicted molar refractivity (Wildman–Crippen MR) is 69.8 cm³/mol. The molecule has 5 nitrogen and oxygen atoms in total. The highest BCUT2D eigenvalue weighted by molar-refractivity contribution is 5.64. The van der Waals surface area contributed by atoms with Gasteiger partial charge in [-0.3, -0.25) is 4.90 Å². The Kier molecular flexibility index (Phi) is 4.04. The Morgan fingerprint density at radius 2 is 1.89 bits per heavy atom. The number of nitrogens with two attached hydrogens (primary N) is 2. The van der Waals surface area contributed by atoms with Crippen molar-refractivity contribution in [3.8, 4) is 0 Å². The molecule has 0 aliphatic carbocycles. The maximum Gasteiger partial charge on any atom is 0.404 e. The molecule has 0 aromatic heterocycles. The van der Waals surface area contributed by atoms with Gasteiger partial charge in [-0.2, -0.15) is 0 Å². The molecule has 0 spiro atoms. The van der Waals surface area contributed by atoms with Crippen molar-refractivity contribution < 1.29 is 9.53 Å². The number of benzene rings is 1. The van der Waals surface area contributed by atoms with Crippen molar-refractivity contribution in [3.63, 3.8) is 0 Å². The quantitative estimate of drug-likeness (QED) is 0.792. The Balaban J connectivity index is 1.79. The molecule has 1 aromatic rings. The summed E-state index contributed by atoms with van der Waals surface area (Å²) in [6.45, 7) is 2.74. The van der Waals surface area contributed by atoms with E-state index < -0.39 is 6.09 Å². The molecule has 1 aromatic carbocycles. The Hall–Kier alpha value is -1.75. The number of nitrogens with zero attached hydrogens (tertiary/aromatic N) is 1. The van der Waals surface area contributed by atoms with E-state index in [1.165, 1.54) is 5.56 Å². The number of nitrogen functional groups attached to an aromatic ring is 1. The van der Waals surface area contributed by atoms with E-state index >= 15 is 0 Å². The minimum Gasteiger partial charge on any atom is -0.446 e. The molecule has 0 atom stereocenters. The molecule has 0 saturated carbocycles. The van der Waals surface area contributed by atoms with Crippen LogP contribution in [-0.2, 0) is 11.3 Å². The summed E-state index contributed by atoms with van der Waals surface area (Å²) in [7, 11) is 0. The maximum absolute atomic E-state index is 10.6. The molecule has 1 saturated heterocycles. The van der Waals surface area contributed by atoms with E-state index in [9.17, 15) is 4.79 Å². The summed E-state index contributed by atoms with van der Waals surface area (Å²) >= 11 is 0. The summed E-state index contributed by atoms with van der Waals surface area (Å²) in [4.78, 5) is 13.0. The lowest BCUT2D eigenvalue weighted by Gasteiger charge is -2.31. The molecule has 0 bridgehead atoms. The summed E-state index contributed by atoms with van der Waals surface area (Å²) in [6, 6.07) is 7.92. The Morgan fingerprint density at radius 1 is 1.28 bits per heavy atom. The van der Waals surface area contributed by atoms with E-state index in [2.05, 4.69) is 4.90 Å². The molecular weight excluding hydrogens is 230 g/mol. The Labute approximate surface area is 107 Å². The molecule has 1 amide bonds. The van der Waals surface area contributed by atoms with Crippen LogP contribution in [0.1, 0.15) is 18.4 Å². The molecule has 98 valence electrons. The number of carbonyl (C=O) groups is 1. The molecule has 1 fully saturated rings. The number of primary amides is 1. The van der Waals surface area contributed by atoms with Crippen LogP contribution in [0.2, 0.25) is 0 Å². The van der Waals surface area contributed by atoms with Gasteiger partial charge in [-0.05, 0) is 30.5 Å². The third kappa shape index (κ3) is 3.63. The van der Waals surface area contributed by atoms with Gasteiger partial charge in [0.05, 0.1) is 0 Å². The zero-order valence-electron chi connectivity index (χ0n) is 10.3. The average Bonchev–Trinajstić information content (AvgIpc) is 2.34. The highest BCUT2D eigenvalue weighted by Gasteiger charge is 2.21. The van der Waals surface area contributed by atoms with Crippen molar-refractivity contribution >= 4 is 11.8 Å². The summed E-state index contributed by atoms with van der Waals surface area (Å²) in [6.07, 6.45) is 0.993. The lowest BCUT2D eigenvalue weighted by atomic mass is 10.1. The fourth-order valence-corrected chi connectivity index (χ4v) is 2.23. The molecular formula is C13H19N3O2. The lowest BCUT2D eigenvalue weighted by Crippen LogP contribution is -2.38. The second-order valence-electron chi connectivity index (χ2n) is 4.65. The first-order chi connectivity index (χ1) is 8.63. The monoisotopic (exact) mass is 249 g/mol. The summed E-state index contributed by atoms with van der Waals surface area (Å²) in [5.41, 5.74) is 12.7. The number of ether oxygens (including phenoxy) is 1. The molecule has 18 heavy (non-hydrogen) atoms. The van der Waals surface area contributed by atoms with Crippen molar-refractivity contribution in [1.29, 1.82) is 0 Å². The molecule has 0 unspecified atom stereocenters. The number of hydrogen-bond donors (Lipinski definition) is 2. The lowest BCUT2D eigenvalue weighted by molar-refractivity contribution is 0.0541.